The highest BCUT2D eigenvalue weighted by molar-refractivity contribution is 5.88. The van der Waals surface area contributed by atoms with Gasteiger partial charge in [-0.25, -0.2) is 8.78 Å². The maximum atomic E-state index is 14.1. The zero-order chi connectivity index (χ0) is 23.8. The number of hydrogen-bond donors (Lipinski definition) is 1. The van der Waals surface area contributed by atoms with Crippen LogP contribution in [-0.2, 0) is 11.2 Å². The number of benzene rings is 2. The predicted molar refractivity (Wildman–Crippen MR) is 129 cm³/mol. The lowest BCUT2D eigenvalue weighted by Crippen LogP contribution is -2.45. The molecule has 0 aromatic heterocycles. The lowest BCUT2D eigenvalue weighted by atomic mass is 9.89. The van der Waals surface area contributed by atoms with E-state index < -0.39 is 12.4 Å². The van der Waals surface area contributed by atoms with E-state index in [1.54, 1.807) is 6.07 Å². The molecule has 2 atom stereocenters. The van der Waals surface area contributed by atoms with Crippen molar-refractivity contribution in [1.29, 1.82) is 0 Å². The van der Waals surface area contributed by atoms with Crippen LogP contribution in [0.4, 0.5) is 8.78 Å². The molecule has 2 unspecified atom stereocenters. The minimum absolute atomic E-state index is 0.0106. The topological polar surface area (TPSA) is 49.8 Å². The summed E-state index contributed by atoms with van der Waals surface area (Å²) in [6, 6.07) is 10.2. The van der Waals surface area contributed by atoms with Crippen molar-refractivity contribution in [3.63, 3.8) is 0 Å². The average Bonchev–Trinajstić information content (AvgIpc) is 3.04. The summed E-state index contributed by atoms with van der Waals surface area (Å²) in [5, 5.41) is 10.8. The minimum atomic E-state index is -2.58. The van der Waals surface area contributed by atoms with E-state index in [0.29, 0.717) is 29.1 Å². The number of fused-ring (bicyclic) bond motifs is 3. The number of ether oxygens (including phenoxy) is 1. The smallest absolute Gasteiger partial charge is 0.306 e. The standard InChI is InChI=1S/C28H35F2NO3/c1-17-2-8-23(9-3-17)34-25-11-5-19-14-18(4-10-24(19)26(25)27(29)30)12-13-31-21-6-7-22(31)16-20(15-21)28(32)33/h4-5,10-11,14,17,20-23,27H,2-3,6-9,12-13,15-16H2,1H3,(H,32,33)/t17-,20?,21?,22?,23+. The molecule has 1 saturated carbocycles. The minimum Gasteiger partial charge on any atom is -0.490 e. The van der Waals surface area contributed by atoms with E-state index in [4.69, 9.17) is 4.74 Å². The van der Waals surface area contributed by atoms with Crippen LogP contribution in [0.3, 0.4) is 0 Å². The molecule has 0 spiro atoms. The van der Waals surface area contributed by atoms with Crippen molar-refractivity contribution < 1.29 is 23.4 Å². The van der Waals surface area contributed by atoms with Crippen LogP contribution in [-0.4, -0.2) is 40.7 Å². The molecule has 1 aliphatic carbocycles. The number of piperidine rings is 1. The van der Waals surface area contributed by atoms with Gasteiger partial charge in [0.2, 0.25) is 0 Å². The van der Waals surface area contributed by atoms with Crippen molar-refractivity contribution >= 4 is 16.7 Å². The molecule has 2 bridgehead atoms. The maximum absolute atomic E-state index is 14.1. The Labute approximate surface area is 200 Å². The molecule has 1 N–H and O–H groups in total. The van der Waals surface area contributed by atoms with E-state index in [1.807, 2.05) is 24.3 Å². The molecule has 0 radical (unpaired) electrons. The first-order valence-electron chi connectivity index (χ1n) is 12.9. The van der Waals surface area contributed by atoms with Crippen molar-refractivity contribution in [3.8, 4) is 5.75 Å². The zero-order valence-electron chi connectivity index (χ0n) is 19.9. The van der Waals surface area contributed by atoms with Gasteiger partial charge in [0.1, 0.15) is 5.75 Å². The van der Waals surface area contributed by atoms with Gasteiger partial charge in [-0.1, -0.05) is 31.2 Å². The van der Waals surface area contributed by atoms with E-state index in [2.05, 4.69) is 11.8 Å². The summed E-state index contributed by atoms with van der Waals surface area (Å²) in [4.78, 5) is 13.9. The van der Waals surface area contributed by atoms with Crippen molar-refractivity contribution in [3.05, 3.63) is 41.5 Å². The van der Waals surface area contributed by atoms with E-state index in [0.717, 1.165) is 75.3 Å². The Morgan fingerprint density at radius 3 is 2.41 bits per heavy atom. The molecule has 6 heteroatoms. The van der Waals surface area contributed by atoms with Crippen molar-refractivity contribution in [2.75, 3.05) is 6.54 Å². The highest BCUT2D eigenvalue weighted by atomic mass is 19.3. The summed E-state index contributed by atoms with van der Waals surface area (Å²) in [5.41, 5.74) is 1.14. The SMILES string of the molecule is C[C@H]1CC[C@@H](Oc2ccc3cc(CCN4C5CCC4CC(C(=O)O)C5)ccc3c2C(F)F)CC1. The van der Waals surface area contributed by atoms with Gasteiger partial charge < -0.3 is 9.84 Å². The second-order valence-corrected chi connectivity index (χ2v) is 10.7. The molecule has 2 saturated heterocycles. The van der Waals surface area contributed by atoms with Gasteiger partial charge in [0, 0.05) is 18.6 Å². The van der Waals surface area contributed by atoms with Gasteiger partial charge in [0.25, 0.3) is 6.43 Å². The lowest BCUT2D eigenvalue weighted by molar-refractivity contribution is -0.144. The van der Waals surface area contributed by atoms with Crippen LogP contribution in [0.2, 0.25) is 0 Å². The van der Waals surface area contributed by atoms with Crippen molar-refractivity contribution in [2.45, 2.75) is 89.3 Å². The average molecular weight is 472 g/mol. The van der Waals surface area contributed by atoms with Gasteiger partial charge in [0.15, 0.2) is 0 Å². The predicted octanol–water partition coefficient (Wildman–Crippen LogP) is 6.61. The zero-order valence-corrected chi connectivity index (χ0v) is 19.9. The second kappa shape index (κ2) is 9.80. The highest BCUT2D eigenvalue weighted by Crippen LogP contribution is 2.40. The van der Waals surface area contributed by atoms with E-state index in [1.165, 1.54) is 0 Å². The Morgan fingerprint density at radius 1 is 1.06 bits per heavy atom. The maximum Gasteiger partial charge on any atom is 0.306 e. The Bertz CT molecular complexity index is 1020. The molecule has 3 aliphatic rings. The molecule has 0 amide bonds. The summed E-state index contributed by atoms with van der Waals surface area (Å²) < 4.78 is 34.3. The molecular formula is C28H35F2NO3. The molecule has 3 fully saturated rings. The summed E-state index contributed by atoms with van der Waals surface area (Å²) >= 11 is 0. The Kier molecular flexibility index (Phi) is 6.79. The van der Waals surface area contributed by atoms with Crippen LogP contribution in [0.25, 0.3) is 10.8 Å². The van der Waals surface area contributed by atoms with Gasteiger partial charge in [-0.15, -0.1) is 0 Å². The fourth-order valence-corrected chi connectivity index (χ4v) is 6.49. The third kappa shape index (κ3) is 4.79. The molecule has 2 heterocycles. The number of carbonyl (C=O) groups is 1. The first-order chi connectivity index (χ1) is 16.4. The number of rotatable bonds is 7. The molecule has 4 nitrogen and oxygen atoms in total. The summed E-state index contributed by atoms with van der Waals surface area (Å²) in [5.74, 6) is 0.133. The Balaban J connectivity index is 1.29. The fourth-order valence-electron chi connectivity index (χ4n) is 6.49. The van der Waals surface area contributed by atoms with Crippen LogP contribution >= 0.6 is 0 Å². The quantitative estimate of drug-likeness (QED) is 0.494. The molecule has 34 heavy (non-hydrogen) atoms. The third-order valence-corrected chi connectivity index (χ3v) is 8.45. The number of carboxylic acid groups (broad SMARTS) is 1. The van der Waals surface area contributed by atoms with Crippen LogP contribution in [0, 0.1) is 11.8 Å². The lowest BCUT2D eigenvalue weighted by Gasteiger charge is -2.37. The number of halogens is 2. The summed E-state index contributed by atoms with van der Waals surface area (Å²) in [6.45, 7) is 3.12. The van der Waals surface area contributed by atoms with Crippen molar-refractivity contribution in [2.24, 2.45) is 11.8 Å². The number of nitrogens with zero attached hydrogens (tertiary/aromatic N) is 1. The molecule has 2 aromatic carbocycles. The van der Waals surface area contributed by atoms with Crippen LogP contribution in [0.1, 0.15) is 75.8 Å². The number of carboxylic acids is 1. The van der Waals surface area contributed by atoms with E-state index in [9.17, 15) is 18.7 Å². The van der Waals surface area contributed by atoms with E-state index >= 15 is 0 Å². The first-order valence-corrected chi connectivity index (χ1v) is 12.9. The van der Waals surface area contributed by atoms with Crippen LogP contribution < -0.4 is 4.74 Å². The number of aliphatic carboxylic acids is 1. The summed E-state index contributed by atoms with van der Waals surface area (Å²) in [7, 11) is 0. The molecule has 5 rings (SSSR count). The third-order valence-electron chi connectivity index (χ3n) is 8.45. The van der Waals surface area contributed by atoms with Crippen LogP contribution in [0.15, 0.2) is 30.3 Å². The summed E-state index contributed by atoms with van der Waals surface area (Å²) in [6.07, 6.45) is 5.92. The normalized spacial score (nSPS) is 29.6. The van der Waals surface area contributed by atoms with Crippen molar-refractivity contribution in [1.82, 2.24) is 4.90 Å². The number of alkyl halides is 2. The molecule has 2 aromatic rings. The van der Waals surface area contributed by atoms with Gasteiger partial charge >= 0.3 is 5.97 Å². The van der Waals surface area contributed by atoms with Gasteiger partial charge in [-0.3, -0.25) is 9.69 Å². The molecular weight excluding hydrogens is 436 g/mol. The first kappa shape index (κ1) is 23.5. The Morgan fingerprint density at radius 2 is 1.76 bits per heavy atom. The largest absolute Gasteiger partial charge is 0.490 e. The Hall–Kier alpha value is -2.21. The highest BCUT2D eigenvalue weighted by Gasteiger charge is 2.42. The van der Waals surface area contributed by atoms with E-state index in [-0.39, 0.29) is 17.6 Å². The fraction of sp³-hybridized carbons (Fsp3) is 0.607. The number of hydrogen-bond acceptors (Lipinski definition) is 3. The second-order valence-electron chi connectivity index (χ2n) is 10.7. The van der Waals surface area contributed by atoms with Crippen LogP contribution in [0.5, 0.6) is 5.75 Å². The van der Waals surface area contributed by atoms with Gasteiger partial charge in [-0.2, -0.15) is 0 Å². The van der Waals surface area contributed by atoms with Gasteiger partial charge in [-0.05, 0) is 86.1 Å². The van der Waals surface area contributed by atoms with Gasteiger partial charge in [0.05, 0.1) is 17.6 Å². The molecule has 2 aliphatic heterocycles. The monoisotopic (exact) mass is 471 g/mol. The molecule has 184 valence electrons.